The molecule has 0 bridgehead atoms. The summed E-state index contributed by atoms with van der Waals surface area (Å²) >= 11 is 0. The first-order chi connectivity index (χ1) is 30.2. The number of carboxylic acid groups (broad SMARTS) is 1. The lowest BCUT2D eigenvalue weighted by atomic mass is 9.67. The third kappa shape index (κ3) is 5.98. The van der Waals surface area contributed by atoms with Crippen molar-refractivity contribution >= 4 is 23.0 Å². The number of nitrogens with zero attached hydrogens (tertiary/aromatic N) is 6. The number of benzene rings is 3. The summed E-state index contributed by atoms with van der Waals surface area (Å²) < 4.78 is 9.61. The maximum Gasteiger partial charge on any atom is 0.407 e. The molecule has 0 radical (unpaired) electrons. The fraction of sp³-hybridized carbons (Fsp3) is 0.362. The molecule has 7 heterocycles. The smallest absolute Gasteiger partial charge is 0.407 e. The van der Waals surface area contributed by atoms with Crippen LogP contribution in [-0.4, -0.2) is 85.2 Å². The number of ether oxygens (including phenoxy) is 1. The zero-order valence-corrected chi connectivity index (χ0v) is 35.3. The van der Waals surface area contributed by atoms with Gasteiger partial charge in [-0.2, -0.15) is 5.10 Å². The third-order valence-corrected chi connectivity index (χ3v) is 14.1. The number of H-pyrrole nitrogens is 1. The van der Waals surface area contributed by atoms with Crippen LogP contribution < -0.4 is 11.2 Å². The molecule has 16 heteroatoms. The fourth-order valence-corrected chi connectivity index (χ4v) is 10.8. The van der Waals surface area contributed by atoms with Crippen LogP contribution in [0.3, 0.4) is 0 Å². The van der Waals surface area contributed by atoms with E-state index < -0.39 is 34.8 Å². The Kier molecular flexibility index (Phi) is 9.12. The van der Waals surface area contributed by atoms with Gasteiger partial charge in [0.25, 0.3) is 5.56 Å². The van der Waals surface area contributed by atoms with E-state index in [-0.39, 0.29) is 72.6 Å². The van der Waals surface area contributed by atoms with Crippen molar-refractivity contribution < 1.29 is 34.8 Å². The predicted molar refractivity (Wildman–Crippen MR) is 231 cm³/mol. The summed E-state index contributed by atoms with van der Waals surface area (Å²) in [6.07, 6.45) is 0.226. The van der Waals surface area contributed by atoms with Crippen LogP contribution in [0.1, 0.15) is 98.6 Å². The van der Waals surface area contributed by atoms with Gasteiger partial charge in [-0.15, -0.1) is 0 Å². The van der Waals surface area contributed by atoms with Crippen LogP contribution in [0.5, 0.6) is 17.2 Å². The van der Waals surface area contributed by atoms with Crippen LogP contribution in [0, 0.1) is 0 Å². The van der Waals surface area contributed by atoms with Gasteiger partial charge in [-0.25, -0.2) is 24.2 Å². The Labute approximate surface area is 360 Å². The predicted octanol–water partition coefficient (Wildman–Crippen LogP) is 6.39. The van der Waals surface area contributed by atoms with Gasteiger partial charge in [-0.3, -0.25) is 14.5 Å². The van der Waals surface area contributed by atoms with Crippen LogP contribution in [-0.2, 0) is 34.8 Å². The largest absolute Gasteiger partial charge is 0.508 e. The van der Waals surface area contributed by atoms with E-state index in [1.54, 1.807) is 34.9 Å². The molecular formula is C47H47N7O9. The lowest BCUT2D eigenvalue weighted by Gasteiger charge is -2.53. The molecule has 0 unspecified atom stereocenters. The van der Waals surface area contributed by atoms with E-state index in [0.717, 1.165) is 22.1 Å². The summed E-state index contributed by atoms with van der Waals surface area (Å²) in [5.41, 5.74) is 3.80. The number of esters is 1. The van der Waals surface area contributed by atoms with Crippen LogP contribution >= 0.6 is 0 Å². The second-order valence-electron chi connectivity index (χ2n) is 17.6. The minimum atomic E-state index is -1.19. The number of rotatable bonds is 7. The van der Waals surface area contributed by atoms with Crippen LogP contribution in [0.15, 0.2) is 70.3 Å². The van der Waals surface area contributed by atoms with Gasteiger partial charge in [-0.1, -0.05) is 33.8 Å². The Bertz CT molecular complexity index is 3050. The highest BCUT2D eigenvalue weighted by Gasteiger charge is 2.58. The minimum Gasteiger partial charge on any atom is -0.508 e. The Balaban J connectivity index is 1.10. The van der Waals surface area contributed by atoms with Crippen molar-refractivity contribution in [1.29, 1.82) is 0 Å². The van der Waals surface area contributed by atoms with Gasteiger partial charge in [0.2, 0.25) is 0 Å². The highest BCUT2D eigenvalue weighted by atomic mass is 16.6. The minimum absolute atomic E-state index is 0.0670. The zero-order chi connectivity index (χ0) is 44.3. The maximum absolute atomic E-state index is 15.1. The number of cyclic esters (lactones) is 1. The normalized spacial score (nSPS) is 18.6. The summed E-state index contributed by atoms with van der Waals surface area (Å²) in [5.74, 6) is -1.57. The summed E-state index contributed by atoms with van der Waals surface area (Å²) in [6.45, 7) is 8.91. The molecule has 3 aromatic heterocycles. The number of carbonyl (C=O) groups excluding carboxylic acids is 1. The molecule has 324 valence electrons. The first-order valence-corrected chi connectivity index (χ1v) is 21.4. The van der Waals surface area contributed by atoms with Crippen molar-refractivity contribution in [3.8, 4) is 45.7 Å². The monoisotopic (exact) mass is 853 g/mol. The number of amides is 1. The van der Waals surface area contributed by atoms with Crippen molar-refractivity contribution in [2.24, 2.45) is 0 Å². The Hall–Kier alpha value is -6.94. The van der Waals surface area contributed by atoms with Crippen LogP contribution in [0.25, 0.3) is 39.4 Å². The number of carbonyl (C=O) groups is 2. The van der Waals surface area contributed by atoms with Gasteiger partial charge in [0.05, 0.1) is 40.3 Å². The Morgan fingerprint density at radius 3 is 2.35 bits per heavy atom. The summed E-state index contributed by atoms with van der Waals surface area (Å²) in [7, 11) is 0. The molecule has 1 saturated heterocycles. The number of hydrogen-bond acceptors (Lipinski definition) is 11. The summed E-state index contributed by atoms with van der Waals surface area (Å²) in [5, 5.41) is 49.3. The molecule has 0 spiro atoms. The van der Waals surface area contributed by atoms with E-state index in [4.69, 9.17) is 9.72 Å². The van der Waals surface area contributed by atoms with E-state index in [2.05, 4.69) is 15.1 Å². The van der Waals surface area contributed by atoms with Crippen molar-refractivity contribution in [1.82, 2.24) is 34.1 Å². The molecule has 6 aromatic rings. The number of aromatic nitrogens is 5. The van der Waals surface area contributed by atoms with Gasteiger partial charge < -0.3 is 34.6 Å². The molecule has 4 aliphatic rings. The first kappa shape index (κ1) is 40.2. The molecule has 0 saturated carbocycles. The number of hydrogen-bond donors (Lipinski definition) is 5. The number of likely N-dealkylation sites (tertiary alicyclic amines) is 1. The molecule has 10 rings (SSSR count). The molecule has 1 atom stereocenters. The maximum atomic E-state index is 15.1. The van der Waals surface area contributed by atoms with Crippen molar-refractivity contribution in [3.05, 3.63) is 115 Å². The number of phenols is 3. The number of pyridine rings is 2. The average molecular weight is 854 g/mol. The lowest BCUT2D eigenvalue weighted by Crippen LogP contribution is -2.62. The van der Waals surface area contributed by atoms with Gasteiger partial charge in [0.1, 0.15) is 28.8 Å². The first-order valence-electron chi connectivity index (χ1n) is 21.4. The second kappa shape index (κ2) is 14.3. The van der Waals surface area contributed by atoms with Crippen LogP contribution in [0.4, 0.5) is 4.79 Å². The van der Waals surface area contributed by atoms with E-state index in [9.17, 15) is 30.0 Å². The molecule has 1 fully saturated rings. The van der Waals surface area contributed by atoms with Crippen LogP contribution in [0.2, 0.25) is 0 Å². The molecule has 3 aromatic carbocycles. The topological polar surface area (TPSA) is 216 Å². The molecule has 0 aliphatic carbocycles. The van der Waals surface area contributed by atoms with Gasteiger partial charge in [0.15, 0.2) is 5.82 Å². The average Bonchev–Trinajstić information content (AvgIpc) is 3.97. The summed E-state index contributed by atoms with van der Waals surface area (Å²) in [4.78, 5) is 64.4. The van der Waals surface area contributed by atoms with E-state index in [1.807, 2.05) is 52.0 Å². The third-order valence-electron chi connectivity index (χ3n) is 14.1. The number of nitrogens with one attached hydrogen (secondary N) is 1. The number of aromatic amines is 1. The standard InChI is InChI=1S/C47H47N7O9/c1-5-47(6-2)38-33(19-35-40-28(23-53(35)42(38)58)15-26-17-30(55)9-10-34(26)48-40)39(43(59)63-47)46(11-13-51(14-12-46)45(61)62)52-21-25-7-8-29(16-27(25)22-52)54-41(49-50-44(54)60)32-18-31(24(3)4)36(56)20-37(32)57/h7-10,15-20,24,39,55-57H,5-6,11-14,21-23H2,1-4H3,(H,50,60)(H,61,62)/t39-/m1/s1. The molecule has 1 amide bonds. The highest BCUT2D eigenvalue weighted by molar-refractivity contribution is 5.87. The molecule has 16 nitrogen and oxygen atoms in total. The van der Waals surface area contributed by atoms with E-state index >= 15 is 9.59 Å². The summed E-state index contributed by atoms with van der Waals surface area (Å²) in [6, 6.07) is 17.3. The number of piperidine rings is 1. The second-order valence-corrected chi connectivity index (χ2v) is 17.6. The molecule has 63 heavy (non-hydrogen) atoms. The van der Waals surface area contributed by atoms with Crippen molar-refractivity contribution in [2.45, 2.75) is 96.0 Å². The van der Waals surface area contributed by atoms with E-state index in [0.29, 0.717) is 65.2 Å². The van der Waals surface area contributed by atoms with Gasteiger partial charge in [0, 0.05) is 48.7 Å². The molecule has 4 aliphatic heterocycles. The van der Waals surface area contributed by atoms with E-state index in [1.165, 1.54) is 15.5 Å². The number of fused-ring (bicyclic) bond motifs is 6. The Morgan fingerprint density at radius 2 is 1.63 bits per heavy atom. The Morgan fingerprint density at radius 1 is 0.889 bits per heavy atom. The number of aromatic hydroxyl groups is 3. The van der Waals surface area contributed by atoms with Crippen molar-refractivity contribution in [2.75, 3.05) is 13.1 Å². The molecular weight excluding hydrogens is 807 g/mol. The zero-order valence-electron chi connectivity index (χ0n) is 35.3. The highest BCUT2D eigenvalue weighted by Crippen LogP contribution is 2.53. The molecule has 5 N–H and O–H groups in total. The fourth-order valence-electron chi connectivity index (χ4n) is 10.8. The van der Waals surface area contributed by atoms with Crippen molar-refractivity contribution in [3.63, 3.8) is 0 Å². The SMILES string of the molecule is CCC1(CC)OC(=O)[C@H](C2(N3Cc4ccc(-n5c(-c6cc(C(C)C)c(O)cc6O)n[nH]c5=O)cc4C3)CCN(C(=O)O)CC2)c2cc3n(c(=O)c21)Cc1cc2cc(O)ccc2nc1-3. The number of phenolic OH excluding ortho intramolecular Hbond substituents is 3. The lowest BCUT2D eigenvalue weighted by molar-refractivity contribution is -0.175. The van der Waals surface area contributed by atoms with Gasteiger partial charge >= 0.3 is 17.8 Å². The quantitative estimate of drug-likeness (QED) is 0.110. The van der Waals surface area contributed by atoms with Gasteiger partial charge in [-0.05, 0) is 102 Å².